The lowest BCUT2D eigenvalue weighted by atomic mass is 10.2. The molecule has 0 unspecified atom stereocenters. The molecule has 0 radical (unpaired) electrons. The van der Waals surface area contributed by atoms with Crippen LogP contribution in [0, 0.1) is 5.92 Å². The monoisotopic (exact) mass is 448 g/mol. The van der Waals surface area contributed by atoms with Crippen molar-refractivity contribution in [2.24, 2.45) is 5.92 Å². The van der Waals surface area contributed by atoms with Crippen LogP contribution in [0.2, 0.25) is 0 Å². The van der Waals surface area contributed by atoms with Crippen molar-refractivity contribution in [2.45, 2.75) is 55.4 Å². The lowest BCUT2D eigenvalue weighted by Crippen LogP contribution is -2.19. The lowest BCUT2D eigenvalue weighted by Gasteiger charge is -2.15. The molecular weight excluding hydrogens is 420 g/mol. The summed E-state index contributed by atoms with van der Waals surface area (Å²) in [6.07, 6.45) is 6.64. The number of hydrogen-bond acceptors (Lipinski definition) is 5. The summed E-state index contributed by atoms with van der Waals surface area (Å²) in [6, 6.07) is 11.7. The summed E-state index contributed by atoms with van der Waals surface area (Å²) in [5.41, 5.74) is 0.944. The highest BCUT2D eigenvalue weighted by Crippen LogP contribution is 2.30. The van der Waals surface area contributed by atoms with E-state index in [9.17, 15) is 13.2 Å². The van der Waals surface area contributed by atoms with Crippen LogP contribution in [0.1, 0.15) is 39.5 Å². The van der Waals surface area contributed by atoms with Gasteiger partial charge in [-0.2, -0.15) is 0 Å². The standard InChI is InChI=1S/C22H28N2O4S2/c1-15(2)22(25)23-20-14-19(12-13-21(20)29-3)30(26,27)24-16-8-10-18(11-9-16)28-17-6-4-5-7-17/h8-15,17,24H,4-7H2,1-3H3,(H,23,25). The topological polar surface area (TPSA) is 84.5 Å². The summed E-state index contributed by atoms with van der Waals surface area (Å²) in [5.74, 6) is 0.376. The Morgan fingerprint density at radius 1 is 1.10 bits per heavy atom. The molecule has 0 saturated heterocycles. The van der Waals surface area contributed by atoms with E-state index in [1.165, 1.54) is 36.7 Å². The summed E-state index contributed by atoms with van der Waals surface area (Å²) in [5, 5.41) is 2.81. The van der Waals surface area contributed by atoms with Gasteiger partial charge in [-0.15, -0.1) is 11.8 Å². The Bertz CT molecular complexity index is 983. The van der Waals surface area contributed by atoms with Crippen molar-refractivity contribution in [3.63, 3.8) is 0 Å². The van der Waals surface area contributed by atoms with E-state index in [0.29, 0.717) is 11.4 Å². The molecule has 3 rings (SSSR count). The molecule has 2 N–H and O–H groups in total. The molecule has 6 nitrogen and oxygen atoms in total. The van der Waals surface area contributed by atoms with Crippen LogP contribution in [0.4, 0.5) is 11.4 Å². The van der Waals surface area contributed by atoms with Crippen molar-refractivity contribution in [3.8, 4) is 5.75 Å². The molecule has 0 bridgehead atoms. The summed E-state index contributed by atoms with van der Waals surface area (Å²) in [7, 11) is -3.80. The number of sulfonamides is 1. The number of carbonyl (C=O) groups excluding carboxylic acids is 1. The highest BCUT2D eigenvalue weighted by molar-refractivity contribution is 7.98. The normalized spacial score (nSPS) is 14.7. The molecule has 1 aliphatic rings. The maximum absolute atomic E-state index is 12.9. The second-order valence-corrected chi connectivity index (χ2v) is 10.2. The number of benzene rings is 2. The zero-order valence-electron chi connectivity index (χ0n) is 17.5. The van der Waals surface area contributed by atoms with Gasteiger partial charge >= 0.3 is 0 Å². The van der Waals surface area contributed by atoms with Gasteiger partial charge in [0.1, 0.15) is 5.75 Å². The summed E-state index contributed by atoms with van der Waals surface area (Å²) in [4.78, 5) is 13.0. The van der Waals surface area contributed by atoms with Crippen molar-refractivity contribution in [1.29, 1.82) is 0 Å². The lowest BCUT2D eigenvalue weighted by molar-refractivity contribution is -0.118. The van der Waals surface area contributed by atoms with E-state index in [1.54, 1.807) is 44.2 Å². The van der Waals surface area contributed by atoms with Gasteiger partial charge in [-0.05, 0) is 74.4 Å². The number of hydrogen-bond donors (Lipinski definition) is 2. The molecule has 0 spiro atoms. The highest BCUT2D eigenvalue weighted by atomic mass is 32.2. The molecule has 0 heterocycles. The fourth-order valence-electron chi connectivity index (χ4n) is 3.24. The first-order valence-electron chi connectivity index (χ1n) is 10.1. The van der Waals surface area contributed by atoms with Crippen LogP contribution in [-0.2, 0) is 14.8 Å². The second-order valence-electron chi connectivity index (χ2n) is 7.66. The summed E-state index contributed by atoms with van der Waals surface area (Å²) < 4.78 is 34.3. The van der Waals surface area contributed by atoms with Crippen molar-refractivity contribution in [3.05, 3.63) is 42.5 Å². The molecular formula is C22H28N2O4S2. The van der Waals surface area contributed by atoms with Crippen LogP contribution >= 0.6 is 11.8 Å². The van der Waals surface area contributed by atoms with Gasteiger partial charge in [0, 0.05) is 16.5 Å². The largest absolute Gasteiger partial charge is 0.490 e. The molecule has 2 aromatic carbocycles. The minimum Gasteiger partial charge on any atom is -0.490 e. The van der Waals surface area contributed by atoms with E-state index in [2.05, 4.69) is 10.0 Å². The molecule has 2 aromatic rings. The van der Waals surface area contributed by atoms with Gasteiger partial charge in [-0.25, -0.2) is 8.42 Å². The Hall–Kier alpha value is -2.19. The summed E-state index contributed by atoms with van der Waals surface area (Å²) >= 11 is 1.44. The summed E-state index contributed by atoms with van der Waals surface area (Å²) in [6.45, 7) is 3.58. The quantitative estimate of drug-likeness (QED) is 0.547. The second kappa shape index (κ2) is 9.75. The van der Waals surface area contributed by atoms with Gasteiger partial charge < -0.3 is 10.1 Å². The van der Waals surface area contributed by atoms with Gasteiger partial charge in [0.25, 0.3) is 10.0 Å². The Labute approximate surface area is 182 Å². The van der Waals surface area contributed by atoms with E-state index < -0.39 is 10.0 Å². The zero-order valence-corrected chi connectivity index (χ0v) is 19.1. The molecule has 8 heteroatoms. The Morgan fingerprint density at radius 2 is 1.77 bits per heavy atom. The SMILES string of the molecule is CSc1ccc(S(=O)(=O)Nc2ccc(OC3CCCC3)cc2)cc1NC(=O)C(C)C. The zero-order chi connectivity index (χ0) is 21.7. The van der Waals surface area contributed by atoms with Gasteiger partial charge in [0.15, 0.2) is 0 Å². The van der Waals surface area contributed by atoms with Crippen molar-refractivity contribution >= 4 is 39.1 Å². The predicted octanol–water partition coefficient (Wildman–Crippen LogP) is 5.13. The third-order valence-corrected chi connectivity index (χ3v) is 7.15. The van der Waals surface area contributed by atoms with Crippen LogP contribution in [0.25, 0.3) is 0 Å². The van der Waals surface area contributed by atoms with Crippen LogP contribution < -0.4 is 14.8 Å². The van der Waals surface area contributed by atoms with Gasteiger partial charge in [0.05, 0.1) is 16.7 Å². The molecule has 0 aromatic heterocycles. The van der Waals surface area contributed by atoms with Crippen molar-refractivity contribution in [1.82, 2.24) is 0 Å². The first kappa shape index (κ1) is 22.5. The van der Waals surface area contributed by atoms with Crippen LogP contribution in [0.5, 0.6) is 5.75 Å². The molecule has 1 fully saturated rings. The number of anilines is 2. The van der Waals surface area contributed by atoms with Crippen LogP contribution in [0.3, 0.4) is 0 Å². The fourth-order valence-corrected chi connectivity index (χ4v) is 4.86. The molecule has 1 amide bonds. The first-order chi connectivity index (χ1) is 14.3. The molecule has 162 valence electrons. The van der Waals surface area contributed by atoms with E-state index in [4.69, 9.17) is 4.74 Å². The number of thioether (sulfide) groups is 1. The maximum Gasteiger partial charge on any atom is 0.261 e. The number of ether oxygens (including phenoxy) is 1. The first-order valence-corrected chi connectivity index (χ1v) is 12.8. The number of amides is 1. The predicted molar refractivity (Wildman–Crippen MR) is 122 cm³/mol. The van der Waals surface area contributed by atoms with E-state index in [1.807, 2.05) is 6.26 Å². The third kappa shape index (κ3) is 5.70. The Balaban J connectivity index is 1.75. The van der Waals surface area contributed by atoms with Crippen molar-refractivity contribution < 1.29 is 17.9 Å². The number of rotatable bonds is 8. The number of carbonyl (C=O) groups is 1. The molecule has 0 atom stereocenters. The fraction of sp³-hybridized carbons (Fsp3) is 0.409. The Morgan fingerprint density at radius 3 is 2.37 bits per heavy atom. The molecule has 1 saturated carbocycles. The van der Waals surface area contributed by atoms with Gasteiger partial charge in [0.2, 0.25) is 5.91 Å². The Kier molecular flexibility index (Phi) is 7.31. The van der Waals surface area contributed by atoms with E-state index in [0.717, 1.165) is 23.5 Å². The third-order valence-electron chi connectivity index (χ3n) is 4.97. The highest BCUT2D eigenvalue weighted by Gasteiger charge is 2.19. The molecule has 30 heavy (non-hydrogen) atoms. The number of nitrogens with one attached hydrogen (secondary N) is 2. The minimum atomic E-state index is -3.80. The smallest absolute Gasteiger partial charge is 0.261 e. The average Bonchev–Trinajstić information content (AvgIpc) is 3.22. The minimum absolute atomic E-state index is 0.0886. The maximum atomic E-state index is 12.9. The molecule has 0 aliphatic heterocycles. The van der Waals surface area contributed by atoms with Gasteiger partial charge in [-0.3, -0.25) is 9.52 Å². The van der Waals surface area contributed by atoms with Crippen molar-refractivity contribution in [2.75, 3.05) is 16.3 Å². The molecule has 1 aliphatic carbocycles. The van der Waals surface area contributed by atoms with Gasteiger partial charge in [-0.1, -0.05) is 13.8 Å². The average molecular weight is 449 g/mol. The van der Waals surface area contributed by atoms with E-state index >= 15 is 0 Å². The van der Waals surface area contributed by atoms with Crippen LogP contribution in [-0.4, -0.2) is 26.7 Å². The van der Waals surface area contributed by atoms with E-state index in [-0.39, 0.29) is 22.8 Å². The van der Waals surface area contributed by atoms with Crippen LogP contribution in [0.15, 0.2) is 52.3 Å².